The fourth-order valence-electron chi connectivity index (χ4n) is 2.67. The third kappa shape index (κ3) is 2.75. The van der Waals surface area contributed by atoms with E-state index in [-0.39, 0.29) is 11.4 Å². The monoisotopic (exact) mass is 251 g/mol. The van der Waals surface area contributed by atoms with Gasteiger partial charge in [0.25, 0.3) is 0 Å². The Morgan fingerprint density at radius 3 is 2.17 bits per heavy atom. The summed E-state index contributed by atoms with van der Waals surface area (Å²) in [4.78, 5) is 18.4. The molecule has 0 aromatic carbocycles. The van der Waals surface area contributed by atoms with Crippen LogP contribution in [0, 0.1) is 0 Å². The molecular weight excluding hydrogens is 226 g/mol. The molecule has 0 N–H and O–H groups in total. The van der Waals surface area contributed by atoms with E-state index in [9.17, 15) is 4.79 Å². The number of hydrogen-bond donors (Lipinski definition) is 0. The van der Waals surface area contributed by atoms with E-state index < -0.39 is 0 Å². The molecule has 2 fully saturated rings. The van der Waals surface area contributed by atoms with Crippen LogP contribution >= 0.6 is 0 Å². The van der Waals surface area contributed by atoms with Gasteiger partial charge in [0.2, 0.25) is 5.91 Å². The van der Waals surface area contributed by atoms with E-state index in [1.165, 1.54) is 19.2 Å². The Balaban J connectivity index is 1.76. The lowest BCUT2D eigenvalue weighted by molar-refractivity contribution is -0.129. The van der Waals surface area contributed by atoms with E-state index in [0.29, 0.717) is 6.04 Å². The normalized spacial score (nSPS) is 23.8. The Hall–Kier alpha value is -0.870. The number of amides is 1. The van der Waals surface area contributed by atoms with Crippen LogP contribution < -0.4 is 0 Å². The number of likely N-dealkylation sites (tertiary alicyclic amines) is 1. The zero-order chi connectivity index (χ0) is 13.3. The Morgan fingerprint density at radius 1 is 1.17 bits per heavy atom. The first-order valence-electron chi connectivity index (χ1n) is 6.82. The maximum atomic E-state index is 11.5. The quantitative estimate of drug-likeness (QED) is 0.679. The summed E-state index contributed by atoms with van der Waals surface area (Å²) in [6.07, 6.45) is 1.42. The highest BCUT2D eigenvalue weighted by Gasteiger charge is 2.38. The van der Waals surface area contributed by atoms with E-state index in [1.807, 2.05) is 4.90 Å². The molecule has 1 amide bonds. The number of piperazine rings is 1. The summed E-state index contributed by atoms with van der Waals surface area (Å²) < 4.78 is 0. The summed E-state index contributed by atoms with van der Waals surface area (Å²) in [7, 11) is 0. The van der Waals surface area contributed by atoms with Crippen LogP contribution in [0.15, 0.2) is 12.7 Å². The smallest absolute Gasteiger partial charge is 0.246 e. The van der Waals surface area contributed by atoms with Gasteiger partial charge in [0.05, 0.1) is 0 Å². The number of hydrogen-bond acceptors (Lipinski definition) is 3. The Kier molecular flexibility index (Phi) is 3.78. The van der Waals surface area contributed by atoms with Crippen molar-refractivity contribution < 1.29 is 4.79 Å². The third-order valence-corrected chi connectivity index (χ3v) is 4.13. The van der Waals surface area contributed by atoms with Gasteiger partial charge in [0.15, 0.2) is 0 Å². The van der Waals surface area contributed by atoms with Crippen LogP contribution in [-0.4, -0.2) is 71.5 Å². The lowest BCUT2D eigenvalue weighted by Crippen LogP contribution is -2.66. The first-order valence-corrected chi connectivity index (χ1v) is 6.82. The first-order chi connectivity index (χ1) is 8.41. The predicted molar refractivity (Wildman–Crippen MR) is 73.5 cm³/mol. The van der Waals surface area contributed by atoms with Crippen molar-refractivity contribution in [3.8, 4) is 0 Å². The van der Waals surface area contributed by atoms with Crippen molar-refractivity contribution >= 4 is 5.91 Å². The number of nitrogens with zero attached hydrogens (tertiary/aromatic N) is 3. The van der Waals surface area contributed by atoms with Crippen LogP contribution in [0.2, 0.25) is 0 Å². The topological polar surface area (TPSA) is 26.8 Å². The zero-order valence-corrected chi connectivity index (χ0v) is 11.9. The van der Waals surface area contributed by atoms with Crippen molar-refractivity contribution in [2.75, 3.05) is 39.3 Å². The molecule has 2 saturated heterocycles. The fraction of sp³-hybridized carbons (Fsp3) is 0.786. The highest BCUT2D eigenvalue weighted by atomic mass is 16.2. The largest absolute Gasteiger partial charge is 0.337 e. The maximum Gasteiger partial charge on any atom is 0.246 e. The van der Waals surface area contributed by atoms with Gasteiger partial charge in [-0.1, -0.05) is 6.58 Å². The van der Waals surface area contributed by atoms with Gasteiger partial charge in [-0.15, -0.1) is 0 Å². The molecule has 102 valence electrons. The molecule has 0 aliphatic carbocycles. The molecule has 2 heterocycles. The molecule has 2 aliphatic heterocycles. The summed E-state index contributed by atoms with van der Waals surface area (Å²) in [5, 5.41) is 0. The molecule has 0 aromatic heterocycles. The highest BCUT2D eigenvalue weighted by molar-refractivity contribution is 5.87. The SMILES string of the molecule is C=CC(=O)N1CCN(C2CN(C(C)(C)C)C2)CC1. The summed E-state index contributed by atoms with van der Waals surface area (Å²) >= 11 is 0. The Labute approximate surface area is 110 Å². The van der Waals surface area contributed by atoms with E-state index in [4.69, 9.17) is 0 Å². The van der Waals surface area contributed by atoms with Gasteiger partial charge in [0.1, 0.15) is 0 Å². The van der Waals surface area contributed by atoms with Gasteiger partial charge in [-0.25, -0.2) is 0 Å². The van der Waals surface area contributed by atoms with Gasteiger partial charge >= 0.3 is 0 Å². The molecule has 4 nitrogen and oxygen atoms in total. The van der Waals surface area contributed by atoms with Crippen LogP contribution in [-0.2, 0) is 4.79 Å². The van der Waals surface area contributed by atoms with Gasteiger partial charge in [0, 0.05) is 50.8 Å². The molecule has 0 bridgehead atoms. The lowest BCUT2D eigenvalue weighted by atomic mass is 9.96. The van der Waals surface area contributed by atoms with Gasteiger partial charge in [-0.05, 0) is 26.8 Å². The van der Waals surface area contributed by atoms with E-state index in [1.54, 1.807) is 0 Å². The average Bonchev–Trinajstić information content (AvgIpc) is 2.25. The predicted octanol–water partition coefficient (Wildman–Crippen LogP) is 0.799. The molecule has 0 spiro atoms. The number of carbonyl (C=O) groups is 1. The number of carbonyl (C=O) groups excluding carboxylic acids is 1. The molecule has 0 radical (unpaired) electrons. The average molecular weight is 251 g/mol. The summed E-state index contributed by atoms with van der Waals surface area (Å²) in [5.41, 5.74) is 0.289. The molecule has 0 unspecified atom stereocenters. The second-order valence-electron chi connectivity index (χ2n) is 6.30. The number of rotatable bonds is 2. The standard InChI is InChI=1S/C14H25N3O/c1-5-13(18)16-8-6-15(7-9-16)12-10-17(11-12)14(2,3)4/h5,12H,1,6-11H2,2-4H3. The molecule has 4 heteroatoms. The molecule has 18 heavy (non-hydrogen) atoms. The van der Waals surface area contributed by atoms with Crippen LogP contribution in [0.5, 0.6) is 0 Å². The molecule has 0 atom stereocenters. The minimum absolute atomic E-state index is 0.0691. The zero-order valence-electron chi connectivity index (χ0n) is 11.9. The van der Waals surface area contributed by atoms with Gasteiger partial charge in [-0.3, -0.25) is 14.6 Å². The Bertz CT molecular complexity index is 320. The molecule has 2 aliphatic rings. The highest BCUT2D eigenvalue weighted by Crippen LogP contribution is 2.24. The van der Waals surface area contributed by atoms with Crippen molar-refractivity contribution in [2.24, 2.45) is 0 Å². The molecular formula is C14H25N3O. The summed E-state index contributed by atoms with van der Waals surface area (Å²) in [5.74, 6) is 0.0691. The van der Waals surface area contributed by atoms with Crippen molar-refractivity contribution in [3.63, 3.8) is 0 Å². The van der Waals surface area contributed by atoms with Crippen molar-refractivity contribution in [2.45, 2.75) is 32.4 Å². The fourth-order valence-corrected chi connectivity index (χ4v) is 2.67. The lowest BCUT2D eigenvalue weighted by Gasteiger charge is -2.52. The van der Waals surface area contributed by atoms with E-state index in [2.05, 4.69) is 37.1 Å². The van der Waals surface area contributed by atoms with Gasteiger partial charge < -0.3 is 4.90 Å². The molecule has 2 rings (SSSR count). The second-order valence-corrected chi connectivity index (χ2v) is 6.30. The third-order valence-electron chi connectivity index (χ3n) is 4.13. The van der Waals surface area contributed by atoms with Crippen LogP contribution in [0.1, 0.15) is 20.8 Å². The minimum atomic E-state index is 0.0691. The van der Waals surface area contributed by atoms with E-state index in [0.717, 1.165) is 26.2 Å². The molecule has 0 aromatic rings. The first kappa shape index (κ1) is 13.6. The second kappa shape index (κ2) is 5.02. The molecule has 0 saturated carbocycles. The van der Waals surface area contributed by atoms with Crippen LogP contribution in [0.3, 0.4) is 0 Å². The summed E-state index contributed by atoms with van der Waals surface area (Å²) in [6.45, 7) is 16.4. The Morgan fingerprint density at radius 2 is 1.72 bits per heavy atom. The van der Waals surface area contributed by atoms with Crippen molar-refractivity contribution in [3.05, 3.63) is 12.7 Å². The van der Waals surface area contributed by atoms with Crippen molar-refractivity contribution in [1.29, 1.82) is 0 Å². The summed E-state index contributed by atoms with van der Waals surface area (Å²) in [6, 6.07) is 0.685. The van der Waals surface area contributed by atoms with Gasteiger partial charge in [-0.2, -0.15) is 0 Å². The minimum Gasteiger partial charge on any atom is -0.337 e. The van der Waals surface area contributed by atoms with E-state index >= 15 is 0 Å². The van der Waals surface area contributed by atoms with Crippen molar-refractivity contribution in [1.82, 2.24) is 14.7 Å². The maximum absolute atomic E-state index is 11.5. The van der Waals surface area contributed by atoms with Crippen LogP contribution in [0.25, 0.3) is 0 Å². The van der Waals surface area contributed by atoms with Crippen LogP contribution in [0.4, 0.5) is 0 Å².